The van der Waals surface area contributed by atoms with Crippen LogP contribution in [0.5, 0.6) is 0 Å². The van der Waals surface area contributed by atoms with E-state index in [0.717, 1.165) is 43.5 Å². The third kappa shape index (κ3) is 2.33. The molecule has 1 aliphatic heterocycles. The van der Waals surface area contributed by atoms with E-state index in [1.165, 1.54) is 36.8 Å². The number of hydrogen-bond acceptors (Lipinski definition) is 2. The summed E-state index contributed by atoms with van der Waals surface area (Å²) < 4.78 is 0. The maximum atomic E-state index is 12.6. The number of benzene rings is 1. The van der Waals surface area contributed by atoms with Crippen LogP contribution in [-0.4, -0.2) is 17.4 Å². The maximum Gasteiger partial charge on any atom is 0.223 e. The summed E-state index contributed by atoms with van der Waals surface area (Å²) in [7, 11) is 0. The zero-order valence-electron chi connectivity index (χ0n) is 12.6. The standard InChI is InChI=1S/C18H24N2O/c19-17-3-1-2-14-11-20(7-6-16(14)17)18(21)10-15-9-12-4-5-13(15)8-12/h1-3,12-13,15H,4-11,19H2. The van der Waals surface area contributed by atoms with Crippen LogP contribution in [0, 0.1) is 17.8 Å². The lowest BCUT2D eigenvalue weighted by Gasteiger charge is -2.31. The van der Waals surface area contributed by atoms with Crippen molar-refractivity contribution in [2.75, 3.05) is 12.3 Å². The summed E-state index contributed by atoms with van der Waals surface area (Å²) in [5.41, 5.74) is 9.40. The van der Waals surface area contributed by atoms with Gasteiger partial charge in [-0.2, -0.15) is 0 Å². The fraction of sp³-hybridized carbons (Fsp3) is 0.611. The summed E-state index contributed by atoms with van der Waals surface area (Å²) >= 11 is 0. The fourth-order valence-corrected chi connectivity index (χ4v) is 4.83. The van der Waals surface area contributed by atoms with Gasteiger partial charge < -0.3 is 10.6 Å². The van der Waals surface area contributed by atoms with E-state index in [2.05, 4.69) is 6.07 Å². The van der Waals surface area contributed by atoms with Crippen molar-refractivity contribution in [3.63, 3.8) is 0 Å². The van der Waals surface area contributed by atoms with Crippen molar-refractivity contribution in [2.45, 2.75) is 45.1 Å². The highest BCUT2D eigenvalue weighted by Gasteiger charge is 2.40. The van der Waals surface area contributed by atoms with Crippen LogP contribution < -0.4 is 5.73 Å². The topological polar surface area (TPSA) is 46.3 Å². The van der Waals surface area contributed by atoms with Crippen molar-refractivity contribution in [1.82, 2.24) is 4.90 Å². The molecule has 4 rings (SSSR count). The van der Waals surface area contributed by atoms with Gasteiger partial charge in [0.15, 0.2) is 0 Å². The quantitative estimate of drug-likeness (QED) is 0.849. The van der Waals surface area contributed by atoms with Crippen LogP contribution in [0.4, 0.5) is 5.69 Å². The van der Waals surface area contributed by atoms with Gasteiger partial charge in [0.25, 0.3) is 0 Å². The second-order valence-electron chi connectivity index (χ2n) is 7.19. The van der Waals surface area contributed by atoms with E-state index in [9.17, 15) is 4.79 Å². The molecular weight excluding hydrogens is 260 g/mol. The minimum atomic E-state index is 0.362. The zero-order chi connectivity index (χ0) is 14.4. The van der Waals surface area contributed by atoms with Crippen molar-refractivity contribution in [1.29, 1.82) is 0 Å². The Morgan fingerprint density at radius 1 is 1.29 bits per heavy atom. The molecule has 1 aromatic rings. The molecule has 0 radical (unpaired) electrons. The van der Waals surface area contributed by atoms with Crippen LogP contribution in [0.1, 0.15) is 43.2 Å². The predicted molar refractivity (Wildman–Crippen MR) is 83.5 cm³/mol. The van der Waals surface area contributed by atoms with E-state index >= 15 is 0 Å². The smallest absolute Gasteiger partial charge is 0.223 e. The van der Waals surface area contributed by atoms with Gasteiger partial charge in [0.1, 0.15) is 0 Å². The molecule has 1 aromatic carbocycles. The summed E-state index contributed by atoms with van der Waals surface area (Å²) in [5.74, 6) is 2.79. The van der Waals surface area contributed by atoms with Gasteiger partial charge in [0.2, 0.25) is 5.91 Å². The van der Waals surface area contributed by atoms with Gasteiger partial charge >= 0.3 is 0 Å². The summed E-state index contributed by atoms with van der Waals surface area (Å²) in [6, 6.07) is 6.08. The van der Waals surface area contributed by atoms with E-state index < -0.39 is 0 Å². The molecule has 0 spiro atoms. The molecule has 0 aromatic heterocycles. The number of carbonyl (C=O) groups excluding carboxylic acids is 1. The summed E-state index contributed by atoms with van der Waals surface area (Å²) in [6.07, 6.45) is 7.14. The van der Waals surface area contributed by atoms with Gasteiger partial charge in [-0.25, -0.2) is 0 Å². The zero-order valence-corrected chi connectivity index (χ0v) is 12.6. The molecule has 3 atom stereocenters. The average Bonchev–Trinajstić information content (AvgIpc) is 3.09. The number of hydrogen-bond donors (Lipinski definition) is 1. The third-order valence-electron chi connectivity index (χ3n) is 5.98. The molecular formula is C18H24N2O. The number of nitrogens with zero attached hydrogens (tertiary/aromatic N) is 1. The Hall–Kier alpha value is -1.51. The van der Waals surface area contributed by atoms with E-state index in [-0.39, 0.29) is 0 Å². The molecule has 3 nitrogen and oxygen atoms in total. The lowest BCUT2D eigenvalue weighted by Crippen LogP contribution is -2.37. The van der Waals surface area contributed by atoms with Crippen LogP contribution in [-0.2, 0) is 17.8 Å². The molecule has 2 aliphatic carbocycles. The normalized spacial score (nSPS) is 30.5. The first-order valence-corrected chi connectivity index (χ1v) is 8.34. The number of nitrogens with two attached hydrogens (primary N) is 1. The Bertz CT molecular complexity index is 568. The molecule has 1 heterocycles. The van der Waals surface area contributed by atoms with Crippen LogP contribution >= 0.6 is 0 Å². The van der Waals surface area contributed by atoms with Crippen molar-refractivity contribution < 1.29 is 4.79 Å². The lowest BCUT2D eigenvalue weighted by atomic mass is 9.86. The number of anilines is 1. The molecule has 21 heavy (non-hydrogen) atoms. The predicted octanol–water partition coefficient (Wildman–Crippen LogP) is 2.98. The third-order valence-corrected chi connectivity index (χ3v) is 5.98. The first-order chi connectivity index (χ1) is 10.2. The maximum absolute atomic E-state index is 12.6. The van der Waals surface area contributed by atoms with Crippen molar-refractivity contribution >= 4 is 11.6 Å². The molecule has 112 valence electrons. The molecule has 1 amide bonds. The molecule has 3 unspecified atom stereocenters. The highest BCUT2D eigenvalue weighted by Crippen LogP contribution is 2.49. The van der Waals surface area contributed by atoms with E-state index in [1.54, 1.807) is 0 Å². The monoisotopic (exact) mass is 284 g/mol. The fourth-order valence-electron chi connectivity index (χ4n) is 4.83. The van der Waals surface area contributed by atoms with Crippen LogP contribution in [0.3, 0.4) is 0 Å². The van der Waals surface area contributed by atoms with Gasteiger partial charge in [-0.15, -0.1) is 0 Å². The first-order valence-electron chi connectivity index (χ1n) is 8.34. The van der Waals surface area contributed by atoms with Crippen molar-refractivity contribution in [2.24, 2.45) is 17.8 Å². The van der Waals surface area contributed by atoms with Crippen LogP contribution in [0.2, 0.25) is 0 Å². The van der Waals surface area contributed by atoms with Gasteiger partial charge in [-0.3, -0.25) is 4.79 Å². The Morgan fingerprint density at radius 3 is 2.95 bits per heavy atom. The van der Waals surface area contributed by atoms with Gasteiger partial charge in [-0.1, -0.05) is 18.6 Å². The molecule has 2 N–H and O–H groups in total. The van der Waals surface area contributed by atoms with Gasteiger partial charge in [0.05, 0.1) is 0 Å². The van der Waals surface area contributed by atoms with Crippen LogP contribution in [0.15, 0.2) is 18.2 Å². The highest BCUT2D eigenvalue weighted by atomic mass is 16.2. The molecule has 3 heteroatoms. The molecule has 0 saturated heterocycles. The van der Waals surface area contributed by atoms with Gasteiger partial charge in [-0.05, 0) is 60.6 Å². The summed E-state index contributed by atoms with van der Waals surface area (Å²) in [6.45, 7) is 1.58. The Kier molecular flexibility index (Phi) is 3.16. The van der Waals surface area contributed by atoms with Gasteiger partial charge in [0, 0.05) is 25.2 Å². The van der Waals surface area contributed by atoms with E-state index in [0.29, 0.717) is 11.8 Å². The van der Waals surface area contributed by atoms with Crippen molar-refractivity contribution in [3.05, 3.63) is 29.3 Å². The first kappa shape index (κ1) is 13.2. The Morgan fingerprint density at radius 2 is 2.19 bits per heavy atom. The molecule has 2 bridgehead atoms. The Labute approximate surface area is 126 Å². The van der Waals surface area contributed by atoms with Crippen molar-refractivity contribution in [3.8, 4) is 0 Å². The molecule has 2 fully saturated rings. The molecule has 2 saturated carbocycles. The number of rotatable bonds is 2. The SMILES string of the molecule is Nc1cccc2c1CCN(C(=O)CC1CC3CCC1C3)C2. The second-order valence-corrected chi connectivity index (χ2v) is 7.19. The minimum Gasteiger partial charge on any atom is -0.398 e. The van der Waals surface area contributed by atoms with Crippen LogP contribution in [0.25, 0.3) is 0 Å². The number of amides is 1. The molecule has 3 aliphatic rings. The number of nitrogen functional groups attached to an aromatic ring is 1. The lowest BCUT2D eigenvalue weighted by molar-refractivity contribution is -0.133. The number of fused-ring (bicyclic) bond motifs is 3. The average molecular weight is 284 g/mol. The van der Waals surface area contributed by atoms with E-state index in [4.69, 9.17) is 5.73 Å². The summed E-state index contributed by atoms with van der Waals surface area (Å²) in [5, 5.41) is 0. The Balaban J connectivity index is 1.42. The number of carbonyl (C=O) groups is 1. The highest BCUT2D eigenvalue weighted by molar-refractivity contribution is 5.77. The summed E-state index contributed by atoms with van der Waals surface area (Å²) in [4.78, 5) is 14.7. The van der Waals surface area contributed by atoms with E-state index in [1.807, 2.05) is 17.0 Å². The minimum absolute atomic E-state index is 0.362. The largest absolute Gasteiger partial charge is 0.398 e. The second kappa shape index (κ2) is 5.04.